The van der Waals surface area contributed by atoms with E-state index >= 15 is 0 Å². The summed E-state index contributed by atoms with van der Waals surface area (Å²) in [7, 11) is 0. The summed E-state index contributed by atoms with van der Waals surface area (Å²) >= 11 is 1.63. The Morgan fingerprint density at radius 1 is 1.33 bits per heavy atom. The summed E-state index contributed by atoms with van der Waals surface area (Å²) in [6.07, 6.45) is 3.36. The highest BCUT2D eigenvalue weighted by atomic mass is 32.1. The molecule has 1 unspecified atom stereocenters. The molecule has 2 heterocycles. The number of hydrogen-bond acceptors (Lipinski definition) is 4. The Labute approximate surface area is 127 Å². The number of hydrogen-bond donors (Lipinski definition) is 2. The van der Waals surface area contributed by atoms with Gasteiger partial charge in [0.1, 0.15) is 0 Å². The predicted octanol–water partition coefficient (Wildman–Crippen LogP) is 2.46. The molecule has 21 heavy (non-hydrogen) atoms. The van der Waals surface area contributed by atoms with Crippen molar-refractivity contribution in [2.45, 2.75) is 31.7 Å². The minimum atomic E-state index is -0.131. The quantitative estimate of drug-likeness (QED) is 0.895. The third kappa shape index (κ3) is 2.36. The predicted molar refractivity (Wildman–Crippen MR) is 83.7 cm³/mol. The van der Waals surface area contributed by atoms with Crippen molar-refractivity contribution in [3.05, 3.63) is 46.0 Å². The molecule has 1 aromatic heterocycles. The van der Waals surface area contributed by atoms with E-state index in [0.717, 1.165) is 30.1 Å². The second kappa shape index (κ2) is 5.24. The van der Waals surface area contributed by atoms with Crippen molar-refractivity contribution in [3.8, 4) is 0 Å². The number of benzene rings is 1. The molecule has 108 valence electrons. The number of nitrogens with one attached hydrogen (secondary N) is 2. The van der Waals surface area contributed by atoms with Crippen molar-refractivity contribution in [1.29, 1.82) is 0 Å². The number of amides is 1. The van der Waals surface area contributed by atoms with Crippen LogP contribution in [0.5, 0.6) is 0 Å². The van der Waals surface area contributed by atoms with Gasteiger partial charge in [-0.2, -0.15) is 0 Å². The van der Waals surface area contributed by atoms with Gasteiger partial charge in [0.2, 0.25) is 5.91 Å². The minimum Gasteiger partial charge on any atom is -0.312 e. The molecule has 1 atom stereocenters. The molecule has 0 fully saturated rings. The molecule has 2 aliphatic rings. The molecule has 2 aromatic rings. The summed E-state index contributed by atoms with van der Waals surface area (Å²) in [5, 5.41) is 7.09. The van der Waals surface area contributed by atoms with Crippen molar-refractivity contribution in [3.63, 3.8) is 0 Å². The van der Waals surface area contributed by atoms with Crippen molar-refractivity contribution in [2.75, 3.05) is 11.9 Å². The molecule has 0 saturated carbocycles. The highest BCUT2D eigenvalue weighted by molar-refractivity contribution is 7.15. The fraction of sp³-hybridized carbons (Fsp3) is 0.375. The summed E-state index contributed by atoms with van der Waals surface area (Å²) in [5.74, 6) is -0.0873. The van der Waals surface area contributed by atoms with Crippen LogP contribution in [0.3, 0.4) is 0 Å². The number of carbonyl (C=O) groups is 1. The molecule has 4 nitrogen and oxygen atoms in total. The number of aromatic nitrogens is 1. The molecule has 1 amide bonds. The van der Waals surface area contributed by atoms with Gasteiger partial charge in [-0.1, -0.05) is 24.3 Å². The molecule has 1 aromatic carbocycles. The lowest BCUT2D eigenvalue weighted by Gasteiger charge is -2.25. The van der Waals surface area contributed by atoms with Crippen LogP contribution < -0.4 is 10.6 Å². The van der Waals surface area contributed by atoms with Gasteiger partial charge in [0.15, 0.2) is 5.13 Å². The van der Waals surface area contributed by atoms with Gasteiger partial charge in [0.25, 0.3) is 0 Å². The SMILES string of the molecule is O=C(Nc1nc2c(s1)CCC2)C1CNCc2ccccc21. The Morgan fingerprint density at radius 2 is 2.24 bits per heavy atom. The van der Waals surface area contributed by atoms with Gasteiger partial charge in [-0.25, -0.2) is 4.98 Å². The van der Waals surface area contributed by atoms with E-state index in [2.05, 4.69) is 27.8 Å². The van der Waals surface area contributed by atoms with Gasteiger partial charge < -0.3 is 10.6 Å². The standard InChI is InChI=1S/C16H17N3OS/c20-15(19-16-18-13-6-3-7-14(13)21-16)12-9-17-8-10-4-1-2-5-11(10)12/h1-2,4-5,12,17H,3,6-9H2,(H,18,19,20). The van der Waals surface area contributed by atoms with E-state index in [9.17, 15) is 4.79 Å². The Balaban J connectivity index is 1.55. The lowest BCUT2D eigenvalue weighted by Crippen LogP contribution is -2.35. The van der Waals surface area contributed by atoms with Crippen LogP contribution in [0.25, 0.3) is 0 Å². The largest absolute Gasteiger partial charge is 0.312 e. The van der Waals surface area contributed by atoms with E-state index in [-0.39, 0.29) is 11.8 Å². The fourth-order valence-electron chi connectivity index (χ4n) is 3.17. The Bertz CT molecular complexity index is 673. The van der Waals surface area contributed by atoms with E-state index in [0.29, 0.717) is 6.54 Å². The molecule has 0 bridgehead atoms. The summed E-state index contributed by atoms with van der Waals surface area (Å²) in [6.45, 7) is 1.53. The molecule has 2 N–H and O–H groups in total. The topological polar surface area (TPSA) is 54.0 Å². The van der Waals surface area contributed by atoms with Crippen molar-refractivity contribution >= 4 is 22.4 Å². The molecule has 0 saturated heterocycles. The van der Waals surface area contributed by atoms with Crippen LogP contribution in [0.15, 0.2) is 24.3 Å². The average molecular weight is 299 g/mol. The zero-order chi connectivity index (χ0) is 14.2. The molecule has 5 heteroatoms. The summed E-state index contributed by atoms with van der Waals surface area (Å²) in [4.78, 5) is 18.5. The van der Waals surface area contributed by atoms with Gasteiger partial charge in [-0.3, -0.25) is 4.79 Å². The first-order valence-electron chi connectivity index (χ1n) is 7.39. The second-order valence-corrected chi connectivity index (χ2v) is 6.70. The normalized spacial score (nSPS) is 19.9. The van der Waals surface area contributed by atoms with Crippen LogP contribution in [0.2, 0.25) is 0 Å². The maximum atomic E-state index is 12.6. The third-order valence-corrected chi connectivity index (χ3v) is 5.31. The summed E-state index contributed by atoms with van der Waals surface area (Å²) in [6, 6.07) is 8.16. The Kier molecular flexibility index (Phi) is 3.24. The smallest absolute Gasteiger partial charge is 0.235 e. The van der Waals surface area contributed by atoms with Gasteiger partial charge >= 0.3 is 0 Å². The van der Waals surface area contributed by atoms with Crippen molar-refractivity contribution < 1.29 is 4.79 Å². The molecule has 0 radical (unpaired) electrons. The minimum absolute atomic E-state index is 0.0436. The molecule has 4 rings (SSSR count). The first-order chi connectivity index (χ1) is 10.3. The Hall–Kier alpha value is -1.72. The van der Waals surface area contributed by atoms with Crippen molar-refractivity contribution in [1.82, 2.24) is 10.3 Å². The van der Waals surface area contributed by atoms with E-state index in [1.165, 1.54) is 22.6 Å². The van der Waals surface area contributed by atoms with Gasteiger partial charge in [-0.05, 0) is 30.4 Å². The highest BCUT2D eigenvalue weighted by Gasteiger charge is 2.27. The van der Waals surface area contributed by atoms with Gasteiger partial charge in [0, 0.05) is 18.0 Å². The van der Waals surface area contributed by atoms with Crippen LogP contribution in [-0.2, 0) is 24.2 Å². The lowest BCUT2D eigenvalue weighted by atomic mass is 9.90. The van der Waals surface area contributed by atoms with E-state index in [4.69, 9.17) is 0 Å². The van der Waals surface area contributed by atoms with Crippen LogP contribution in [-0.4, -0.2) is 17.4 Å². The molecule has 1 aliphatic carbocycles. The van der Waals surface area contributed by atoms with Crippen LogP contribution >= 0.6 is 11.3 Å². The van der Waals surface area contributed by atoms with Gasteiger partial charge in [0.05, 0.1) is 11.6 Å². The number of fused-ring (bicyclic) bond motifs is 2. The summed E-state index contributed by atoms with van der Waals surface area (Å²) in [5.41, 5.74) is 3.53. The fourth-order valence-corrected chi connectivity index (χ4v) is 4.22. The molecular formula is C16H17N3OS. The monoisotopic (exact) mass is 299 g/mol. The van der Waals surface area contributed by atoms with Gasteiger partial charge in [-0.15, -0.1) is 11.3 Å². The first kappa shape index (κ1) is 13.0. The number of thiazole rings is 1. The number of anilines is 1. The van der Waals surface area contributed by atoms with Crippen molar-refractivity contribution in [2.24, 2.45) is 0 Å². The van der Waals surface area contributed by atoms with Crippen LogP contribution in [0, 0.1) is 0 Å². The lowest BCUT2D eigenvalue weighted by molar-refractivity contribution is -0.117. The first-order valence-corrected chi connectivity index (χ1v) is 8.21. The van der Waals surface area contributed by atoms with Crippen LogP contribution in [0.4, 0.5) is 5.13 Å². The zero-order valence-electron chi connectivity index (χ0n) is 11.7. The second-order valence-electron chi connectivity index (χ2n) is 5.61. The van der Waals surface area contributed by atoms with Crippen LogP contribution in [0.1, 0.15) is 34.0 Å². The highest BCUT2D eigenvalue weighted by Crippen LogP contribution is 2.31. The molecular weight excluding hydrogens is 282 g/mol. The van der Waals surface area contributed by atoms with E-state index in [1.807, 2.05) is 12.1 Å². The average Bonchev–Trinajstić information content (AvgIpc) is 3.07. The Morgan fingerprint density at radius 3 is 3.14 bits per heavy atom. The third-order valence-electron chi connectivity index (χ3n) is 4.24. The maximum absolute atomic E-state index is 12.6. The maximum Gasteiger partial charge on any atom is 0.235 e. The van der Waals surface area contributed by atoms with E-state index in [1.54, 1.807) is 11.3 Å². The number of nitrogens with zero attached hydrogens (tertiary/aromatic N) is 1. The number of aryl methyl sites for hydroxylation is 2. The number of carbonyl (C=O) groups excluding carboxylic acids is 1. The summed E-state index contributed by atoms with van der Waals surface area (Å²) < 4.78 is 0. The number of rotatable bonds is 2. The molecule has 1 aliphatic heterocycles. The molecule has 0 spiro atoms. The van der Waals surface area contributed by atoms with E-state index < -0.39 is 0 Å². The zero-order valence-corrected chi connectivity index (χ0v) is 12.5.